The van der Waals surface area contributed by atoms with E-state index in [1.165, 1.54) is 11.3 Å². The van der Waals surface area contributed by atoms with Crippen LogP contribution in [0.4, 0.5) is 0 Å². The summed E-state index contributed by atoms with van der Waals surface area (Å²) in [6.07, 6.45) is 1.76. The van der Waals surface area contributed by atoms with Gasteiger partial charge in [-0.15, -0.1) is 0 Å². The number of esters is 1. The Bertz CT molecular complexity index is 2200. The highest BCUT2D eigenvalue weighted by molar-refractivity contribution is 9.10. The van der Waals surface area contributed by atoms with Gasteiger partial charge in [0.25, 0.3) is 5.56 Å². The van der Waals surface area contributed by atoms with Crippen LogP contribution in [0.2, 0.25) is 5.02 Å². The number of nitrogens with zero attached hydrogens (tertiary/aromatic N) is 3. The van der Waals surface area contributed by atoms with Gasteiger partial charge >= 0.3 is 5.97 Å². The quantitative estimate of drug-likeness (QED) is 0.165. The molecule has 1 aliphatic heterocycles. The van der Waals surface area contributed by atoms with Gasteiger partial charge in [0.1, 0.15) is 12.4 Å². The standard InChI is InChI=1S/C36H25BrClN3O4S/c1-2-44-35(43)31-32(22-8-4-3-5-9-22)40-36-41(33(31)23-12-15-28(38)16-13-23)34(42)30(46-36)19-26-18-27(37)14-17-29(26)45-21-25-11-7-6-10-24(25)20-39/h3-19,33H,2,21H2,1H3/b30-19-/t33-/m1/s1. The predicted octanol–water partition coefficient (Wildman–Crippen LogP) is 6.80. The molecule has 1 aromatic heterocycles. The highest BCUT2D eigenvalue weighted by Crippen LogP contribution is 2.35. The normalized spacial score (nSPS) is 14.3. The zero-order chi connectivity index (χ0) is 32.2. The van der Waals surface area contributed by atoms with Gasteiger partial charge in [0.2, 0.25) is 0 Å². The highest BCUT2D eigenvalue weighted by Gasteiger charge is 2.35. The number of carbonyl (C=O) groups is 1. The van der Waals surface area contributed by atoms with E-state index in [0.29, 0.717) is 42.5 Å². The summed E-state index contributed by atoms with van der Waals surface area (Å²) in [7, 11) is 0. The lowest BCUT2D eigenvalue weighted by Gasteiger charge is -2.25. The van der Waals surface area contributed by atoms with Crippen molar-refractivity contribution in [1.82, 2.24) is 4.57 Å². The van der Waals surface area contributed by atoms with Crippen molar-refractivity contribution in [2.75, 3.05) is 6.61 Å². The molecule has 0 spiro atoms. The fraction of sp³-hybridized carbons (Fsp3) is 0.111. The molecule has 2 heterocycles. The average Bonchev–Trinajstić information content (AvgIpc) is 3.38. The maximum atomic E-state index is 14.3. The Balaban J connectivity index is 1.53. The summed E-state index contributed by atoms with van der Waals surface area (Å²) in [5.41, 5.74) is 3.73. The van der Waals surface area contributed by atoms with Crippen molar-refractivity contribution in [3.8, 4) is 11.8 Å². The van der Waals surface area contributed by atoms with Crippen molar-refractivity contribution in [2.45, 2.75) is 19.6 Å². The van der Waals surface area contributed by atoms with Gasteiger partial charge in [-0.3, -0.25) is 9.36 Å². The highest BCUT2D eigenvalue weighted by atomic mass is 79.9. The predicted molar refractivity (Wildman–Crippen MR) is 182 cm³/mol. The van der Waals surface area contributed by atoms with E-state index in [2.05, 4.69) is 22.0 Å². The molecule has 10 heteroatoms. The zero-order valence-corrected chi connectivity index (χ0v) is 27.6. The molecule has 0 N–H and O–H groups in total. The fourth-order valence-corrected chi connectivity index (χ4v) is 6.71. The molecule has 46 heavy (non-hydrogen) atoms. The molecule has 7 nitrogen and oxygen atoms in total. The third-order valence-electron chi connectivity index (χ3n) is 7.34. The number of fused-ring (bicyclic) bond motifs is 1. The lowest BCUT2D eigenvalue weighted by atomic mass is 9.93. The minimum Gasteiger partial charge on any atom is -0.488 e. The number of hydrogen-bond donors (Lipinski definition) is 0. The Hall–Kier alpha value is -4.75. The number of aromatic nitrogens is 1. The number of ether oxygens (including phenoxy) is 2. The number of hydrogen-bond acceptors (Lipinski definition) is 7. The lowest BCUT2D eigenvalue weighted by Crippen LogP contribution is -2.40. The van der Waals surface area contributed by atoms with E-state index in [1.807, 2.05) is 60.7 Å². The van der Waals surface area contributed by atoms with Crippen LogP contribution in [0.1, 0.15) is 40.8 Å². The van der Waals surface area contributed by atoms with Crippen LogP contribution in [0.25, 0.3) is 11.8 Å². The van der Waals surface area contributed by atoms with Crippen LogP contribution in [-0.2, 0) is 16.1 Å². The molecule has 0 fully saturated rings. The van der Waals surface area contributed by atoms with Gasteiger partial charge in [-0.25, -0.2) is 9.79 Å². The summed E-state index contributed by atoms with van der Waals surface area (Å²) in [5, 5.41) is 10.0. The fourth-order valence-electron chi connectivity index (χ4n) is 5.22. The van der Waals surface area contributed by atoms with E-state index >= 15 is 0 Å². The van der Waals surface area contributed by atoms with Gasteiger partial charge in [0, 0.05) is 26.2 Å². The summed E-state index contributed by atoms with van der Waals surface area (Å²) in [6.45, 7) is 2.07. The van der Waals surface area contributed by atoms with Crippen LogP contribution < -0.4 is 19.6 Å². The molecule has 0 radical (unpaired) electrons. The molecule has 6 rings (SSSR count). The van der Waals surface area contributed by atoms with Gasteiger partial charge in [-0.2, -0.15) is 5.26 Å². The SMILES string of the molecule is CCOC(=O)C1=C(c2ccccc2)N=c2s/c(=C\c3cc(Br)ccc3OCc3ccccc3C#N)c(=O)n2[C@@H]1c1ccc(Cl)cc1. The van der Waals surface area contributed by atoms with Crippen LogP contribution in [0.3, 0.4) is 0 Å². The first-order valence-corrected chi connectivity index (χ1v) is 16.3. The summed E-state index contributed by atoms with van der Waals surface area (Å²) in [6, 6.07) is 30.6. The molecule has 0 saturated heterocycles. The van der Waals surface area contributed by atoms with Crippen molar-refractivity contribution < 1.29 is 14.3 Å². The smallest absolute Gasteiger partial charge is 0.338 e. The molecule has 0 bridgehead atoms. The van der Waals surface area contributed by atoms with Crippen molar-refractivity contribution >= 4 is 56.6 Å². The number of benzene rings is 4. The molecule has 228 valence electrons. The number of halogens is 2. The molecule has 0 unspecified atom stereocenters. The minimum atomic E-state index is -0.814. The Morgan fingerprint density at radius 1 is 1.07 bits per heavy atom. The molecule has 1 atom stereocenters. The van der Waals surface area contributed by atoms with Crippen molar-refractivity contribution in [2.24, 2.45) is 4.99 Å². The third-order valence-corrected chi connectivity index (χ3v) is 9.07. The molecular weight excluding hydrogens is 686 g/mol. The largest absolute Gasteiger partial charge is 0.488 e. The van der Waals surface area contributed by atoms with Crippen molar-refractivity contribution in [3.05, 3.63) is 160 Å². The van der Waals surface area contributed by atoms with E-state index in [4.69, 9.17) is 26.1 Å². The van der Waals surface area contributed by atoms with Crippen LogP contribution >= 0.6 is 38.9 Å². The zero-order valence-electron chi connectivity index (χ0n) is 24.4. The first-order valence-electron chi connectivity index (χ1n) is 14.3. The maximum Gasteiger partial charge on any atom is 0.338 e. The number of thiazole rings is 1. The van der Waals surface area contributed by atoms with Gasteiger partial charge in [0.05, 0.1) is 40.1 Å². The average molecular weight is 711 g/mol. The van der Waals surface area contributed by atoms with Crippen molar-refractivity contribution in [1.29, 1.82) is 5.26 Å². The van der Waals surface area contributed by atoms with E-state index in [9.17, 15) is 14.9 Å². The summed E-state index contributed by atoms with van der Waals surface area (Å²) in [4.78, 5) is 33.3. The van der Waals surface area contributed by atoms with E-state index < -0.39 is 12.0 Å². The molecule has 5 aromatic rings. The molecule has 0 amide bonds. The maximum absolute atomic E-state index is 14.3. The first kappa shape index (κ1) is 31.2. The summed E-state index contributed by atoms with van der Waals surface area (Å²) < 4.78 is 14.4. The van der Waals surface area contributed by atoms with Crippen LogP contribution in [0.15, 0.2) is 117 Å². The topological polar surface area (TPSA) is 93.7 Å². The number of nitriles is 1. The Labute approximate surface area is 282 Å². The Morgan fingerprint density at radius 2 is 1.80 bits per heavy atom. The molecule has 0 saturated carbocycles. The van der Waals surface area contributed by atoms with E-state index in [0.717, 1.165) is 15.6 Å². The van der Waals surface area contributed by atoms with Gasteiger partial charge < -0.3 is 9.47 Å². The van der Waals surface area contributed by atoms with Gasteiger partial charge in [-0.1, -0.05) is 99.5 Å². The van der Waals surface area contributed by atoms with E-state index in [1.54, 1.807) is 54.0 Å². The Kier molecular flexibility index (Phi) is 9.31. The van der Waals surface area contributed by atoms with Gasteiger partial charge in [0.15, 0.2) is 4.80 Å². The summed E-state index contributed by atoms with van der Waals surface area (Å²) in [5.74, 6) is -0.0205. The van der Waals surface area contributed by atoms with Crippen LogP contribution in [0.5, 0.6) is 5.75 Å². The first-order chi connectivity index (χ1) is 22.4. The van der Waals surface area contributed by atoms with Crippen LogP contribution in [0, 0.1) is 11.3 Å². The molecule has 4 aromatic carbocycles. The second-order valence-electron chi connectivity index (χ2n) is 10.2. The minimum absolute atomic E-state index is 0.159. The van der Waals surface area contributed by atoms with Gasteiger partial charge in [-0.05, 0) is 55.0 Å². The molecule has 1 aliphatic rings. The monoisotopic (exact) mass is 709 g/mol. The third kappa shape index (κ3) is 6.33. The van der Waals surface area contributed by atoms with Crippen molar-refractivity contribution in [3.63, 3.8) is 0 Å². The van der Waals surface area contributed by atoms with E-state index in [-0.39, 0.29) is 24.3 Å². The number of rotatable bonds is 8. The Morgan fingerprint density at radius 3 is 2.54 bits per heavy atom. The second-order valence-corrected chi connectivity index (χ2v) is 12.6. The molecule has 0 aliphatic carbocycles. The molecular formula is C36H25BrClN3O4S. The lowest BCUT2D eigenvalue weighted by molar-refractivity contribution is -0.138. The number of carbonyl (C=O) groups excluding carboxylic acids is 1. The summed E-state index contributed by atoms with van der Waals surface area (Å²) >= 11 is 11.0. The second kappa shape index (κ2) is 13.7. The van der Waals surface area contributed by atoms with Crippen LogP contribution in [-0.4, -0.2) is 17.1 Å².